The lowest BCUT2D eigenvalue weighted by Gasteiger charge is -2.28. The number of rotatable bonds is 5. The standard InChI is InChI=1S/C17H28O6/c1-4-5-6-7-16-14(19)9-8-13(22-12(3)18)10-15(20)11(2)17(21)23-16/h11,13-14,16,19H,4-10H2,1-3H3/t11-,13-,14-,16+/m0/s1. The van der Waals surface area contributed by atoms with Crippen molar-refractivity contribution in [1.29, 1.82) is 0 Å². The SMILES string of the molecule is CCCCC[C@H]1OC(=O)[C@@H](C)C(=O)C[C@@H](OC(C)=O)CC[C@@H]1O. The number of Topliss-reactive ketones (excluding diaryl/α,β-unsaturated/α-hetero) is 1. The Labute approximate surface area is 137 Å². The molecule has 1 rings (SSSR count). The van der Waals surface area contributed by atoms with Gasteiger partial charge in [-0.25, -0.2) is 0 Å². The van der Waals surface area contributed by atoms with Crippen LogP contribution in [-0.4, -0.2) is 41.1 Å². The van der Waals surface area contributed by atoms with Crippen LogP contribution in [0, 0.1) is 5.92 Å². The molecule has 0 amide bonds. The fourth-order valence-electron chi connectivity index (χ4n) is 2.69. The van der Waals surface area contributed by atoms with Crippen LogP contribution >= 0.6 is 0 Å². The number of unbranched alkanes of at least 4 members (excludes halogenated alkanes) is 2. The van der Waals surface area contributed by atoms with Crippen LogP contribution in [0.2, 0.25) is 0 Å². The van der Waals surface area contributed by atoms with E-state index >= 15 is 0 Å². The normalized spacial score (nSPS) is 29.7. The first kappa shape index (κ1) is 19.6. The molecular formula is C17H28O6. The second-order valence-corrected chi connectivity index (χ2v) is 6.24. The van der Waals surface area contributed by atoms with E-state index in [4.69, 9.17) is 9.47 Å². The fraction of sp³-hybridized carbons (Fsp3) is 0.824. The van der Waals surface area contributed by atoms with Crippen molar-refractivity contribution in [3.8, 4) is 0 Å². The molecule has 132 valence electrons. The molecule has 6 nitrogen and oxygen atoms in total. The Morgan fingerprint density at radius 2 is 2.00 bits per heavy atom. The molecule has 1 aliphatic heterocycles. The smallest absolute Gasteiger partial charge is 0.316 e. The fourth-order valence-corrected chi connectivity index (χ4v) is 2.69. The van der Waals surface area contributed by atoms with Crippen LogP contribution in [0.3, 0.4) is 0 Å². The lowest BCUT2D eigenvalue weighted by molar-refractivity contribution is -0.164. The quantitative estimate of drug-likeness (QED) is 0.472. The van der Waals surface area contributed by atoms with Gasteiger partial charge in [0.2, 0.25) is 0 Å². The zero-order valence-corrected chi connectivity index (χ0v) is 14.2. The van der Waals surface area contributed by atoms with Crippen molar-refractivity contribution in [2.24, 2.45) is 5.92 Å². The summed E-state index contributed by atoms with van der Waals surface area (Å²) in [5, 5.41) is 10.3. The molecule has 0 aliphatic carbocycles. The highest BCUT2D eigenvalue weighted by molar-refractivity contribution is 5.98. The highest BCUT2D eigenvalue weighted by atomic mass is 16.6. The summed E-state index contributed by atoms with van der Waals surface area (Å²) >= 11 is 0. The van der Waals surface area contributed by atoms with Gasteiger partial charge in [-0.3, -0.25) is 14.4 Å². The number of esters is 2. The van der Waals surface area contributed by atoms with E-state index in [1.54, 1.807) is 0 Å². The van der Waals surface area contributed by atoms with Crippen LogP contribution in [-0.2, 0) is 23.9 Å². The average molecular weight is 328 g/mol. The van der Waals surface area contributed by atoms with E-state index in [-0.39, 0.29) is 12.2 Å². The Kier molecular flexibility index (Phi) is 8.23. The topological polar surface area (TPSA) is 89.9 Å². The second kappa shape index (κ2) is 9.65. The minimum absolute atomic E-state index is 0.0247. The number of aliphatic hydroxyl groups is 1. The minimum Gasteiger partial charge on any atom is -0.462 e. The minimum atomic E-state index is -0.910. The Hall–Kier alpha value is -1.43. The van der Waals surface area contributed by atoms with E-state index in [0.717, 1.165) is 19.3 Å². The van der Waals surface area contributed by atoms with Gasteiger partial charge in [0.15, 0.2) is 5.78 Å². The van der Waals surface area contributed by atoms with Gasteiger partial charge in [0.25, 0.3) is 0 Å². The maximum absolute atomic E-state index is 12.1. The number of aliphatic hydroxyl groups excluding tert-OH is 1. The Bertz CT molecular complexity index is 419. The summed E-state index contributed by atoms with van der Waals surface area (Å²) < 4.78 is 10.5. The molecule has 6 heteroatoms. The van der Waals surface area contributed by atoms with Gasteiger partial charge in [0.1, 0.15) is 18.1 Å². The monoisotopic (exact) mass is 328 g/mol. The first-order valence-electron chi connectivity index (χ1n) is 8.43. The highest BCUT2D eigenvalue weighted by Gasteiger charge is 2.33. The molecule has 1 saturated heterocycles. The van der Waals surface area contributed by atoms with Gasteiger partial charge < -0.3 is 14.6 Å². The third-order valence-electron chi connectivity index (χ3n) is 4.17. The first-order valence-corrected chi connectivity index (χ1v) is 8.43. The molecule has 4 atom stereocenters. The van der Waals surface area contributed by atoms with Gasteiger partial charge in [-0.1, -0.05) is 19.8 Å². The van der Waals surface area contributed by atoms with Gasteiger partial charge in [-0.05, 0) is 32.6 Å². The van der Waals surface area contributed by atoms with Crippen LogP contribution in [0.15, 0.2) is 0 Å². The van der Waals surface area contributed by atoms with E-state index < -0.39 is 36.2 Å². The number of ether oxygens (including phenoxy) is 2. The van der Waals surface area contributed by atoms with Gasteiger partial charge in [-0.2, -0.15) is 0 Å². The third-order valence-corrected chi connectivity index (χ3v) is 4.17. The van der Waals surface area contributed by atoms with Gasteiger partial charge in [-0.15, -0.1) is 0 Å². The maximum atomic E-state index is 12.1. The number of hydrogen-bond donors (Lipinski definition) is 1. The largest absolute Gasteiger partial charge is 0.462 e. The van der Waals surface area contributed by atoms with Crippen molar-refractivity contribution < 1.29 is 29.0 Å². The molecule has 0 unspecified atom stereocenters. The molecule has 1 aliphatic rings. The molecule has 0 aromatic rings. The molecule has 0 aromatic carbocycles. The number of carbonyl (C=O) groups is 3. The van der Waals surface area contributed by atoms with Crippen molar-refractivity contribution in [3.63, 3.8) is 0 Å². The number of hydrogen-bond acceptors (Lipinski definition) is 6. The molecule has 1 N–H and O–H groups in total. The lowest BCUT2D eigenvalue weighted by atomic mass is 9.94. The third kappa shape index (κ3) is 6.69. The summed E-state index contributed by atoms with van der Waals surface area (Å²) in [5.41, 5.74) is 0. The summed E-state index contributed by atoms with van der Waals surface area (Å²) in [6.07, 6.45) is 2.09. The van der Waals surface area contributed by atoms with Gasteiger partial charge >= 0.3 is 11.9 Å². The summed E-state index contributed by atoms with van der Waals surface area (Å²) in [7, 11) is 0. The second-order valence-electron chi connectivity index (χ2n) is 6.24. The molecule has 0 saturated carbocycles. The molecule has 0 bridgehead atoms. The molecular weight excluding hydrogens is 300 g/mol. The van der Waals surface area contributed by atoms with Crippen LogP contribution in [0.4, 0.5) is 0 Å². The van der Waals surface area contributed by atoms with Crippen LogP contribution in [0.25, 0.3) is 0 Å². The number of cyclic esters (lactones) is 1. The predicted molar refractivity (Wildman–Crippen MR) is 83.6 cm³/mol. The van der Waals surface area contributed by atoms with Gasteiger partial charge in [0.05, 0.1) is 6.10 Å². The summed E-state index contributed by atoms with van der Waals surface area (Å²) in [6, 6.07) is 0. The summed E-state index contributed by atoms with van der Waals surface area (Å²) in [5.74, 6) is -2.29. The lowest BCUT2D eigenvalue weighted by Crippen LogP contribution is -2.38. The van der Waals surface area contributed by atoms with Crippen LogP contribution < -0.4 is 0 Å². The van der Waals surface area contributed by atoms with Crippen LogP contribution in [0.1, 0.15) is 65.7 Å². The molecule has 0 radical (unpaired) electrons. The van der Waals surface area contributed by atoms with Crippen molar-refractivity contribution in [3.05, 3.63) is 0 Å². The Morgan fingerprint density at radius 1 is 1.30 bits per heavy atom. The number of ketones is 1. The van der Waals surface area contributed by atoms with E-state index in [9.17, 15) is 19.5 Å². The Morgan fingerprint density at radius 3 is 2.61 bits per heavy atom. The van der Waals surface area contributed by atoms with Gasteiger partial charge in [0, 0.05) is 13.3 Å². The van der Waals surface area contributed by atoms with E-state index in [0.29, 0.717) is 19.3 Å². The molecule has 1 fully saturated rings. The van der Waals surface area contributed by atoms with E-state index in [1.807, 2.05) is 0 Å². The Balaban J connectivity index is 2.81. The zero-order chi connectivity index (χ0) is 17.4. The van der Waals surface area contributed by atoms with E-state index in [2.05, 4.69) is 6.92 Å². The summed E-state index contributed by atoms with van der Waals surface area (Å²) in [4.78, 5) is 35.4. The highest BCUT2D eigenvalue weighted by Crippen LogP contribution is 2.22. The number of carbonyl (C=O) groups excluding carboxylic acids is 3. The maximum Gasteiger partial charge on any atom is 0.316 e. The summed E-state index contributed by atoms with van der Waals surface area (Å²) in [6.45, 7) is 4.85. The first-order chi connectivity index (χ1) is 10.8. The molecule has 0 aromatic heterocycles. The molecule has 0 spiro atoms. The van der Waals surface area contributed by atoms with Crippen LogP contribution in [0.5, 0.6) is 0 Å². The molecule has 1 heterocycles. The molecule has 23 heavy (non-hydrogen) atoms. The van der Waals surface area contributed by atoms with Crippen molar-refractivity contribution >= 4 is 17.7 Å². The zero-order valence-electron chi connectivity index (χ0n) is 14.2. The van der Waals surface area contributed by atoms with E-state index in [1.165, 1.54) is 13.8 Å². The van der Waals surface area contributed by atoms with Crippen molar-refractivity contribution in [1.82, 2.24) is 0 Å². The van der Waals surface area contributed by atoms with Crippen molar-refractivity contribution in [2.45, 2.75) is 84.0 Å². The average Bonchev–Trinajstić information content (AvgIpc) is 2.49. The van der Waals surface area contributed by atoms with Crippen molar-refractivity contribution in [2.75, 3.05) is 0 Å². The predicted octanol–water partition coefficient (Wildman–Crippen LogP) is 2.16.